The second-order valence-corrected chi connectivity index (χ2v) is 9.40. The summed E-state index contributed by atoms with van der Waals surface area (Å²) >= 11 is 0. The predicted molar refractivity (Wildman–Crippen MR) is 119 cm³/mol. The van der Waals surface area contributed by atoms with E-state index < -0.39 is 29.8 Å². The zero-order chi connectivity index (χ0) is 22.9. The molecule has 4 rings (SSSR count). The highest BCUT2D eigenvalue weighted by atomic mass is 19.3. The van der Waals surface area contributed by atoms with Crippen LogP contribution in [0.3, 0.4) is 0 Å². The average molecular weight is 449 g/mol. The minimum absolute atomic E-state index is 0.00298. The van der Waals surface area contributed by atoms with Gasteiger partial charge in [-0.25, -0.2) is 8.78 Å². The fourth-order valence-corrected chi connectivity index (χ4v) is 5.38. The summed E-state index contributed by atoms with van der Waals surface area (Å²) in [6, 6.07) is 9.08. The molecule has 1 nitrogen and oxygen atoms in total. The molecule has 0 radical (unpaired) electrons. The number of hydrogen-bond acceptors (Lipinski definition) is 1. The molecule has 0 bridgehead atoms. The third kappa shape index (κ3) is 4.46. The number of aryl methyl sites for hydroxylation is 2. The van der Waals surface area contributed by atoms with E-state index in [1.165, 1.54) is 0 Å². The van der Waals surface area contributed by atoms with E-state index in [1.54, 1.807) is 18.2 Å². The van der Waals surface area contributed by atoms with Gasteiger partial charge in [0.25, 0.3) is 0 Å². The normalized spacial score (nSPS) is 24.1. The number of benzene rings is 2. The fraction of sp³-hybridized carbons (Fsp3) is 0.556. The summed E-state index contributed by atoms with van der Waals surface area (Å²) < 4.78 is 65.3. The van der Waals surface area contributed by atoms with Crippen LogP contribution in [-0.2, 0) is 17.6 Å². The first-order valence-electron chi connectivity index (χ1n) is 12.0. The van der Waals surface area contributed by atoms with Crippen LogP contribution in [0, 0.1) is 23.5 Å². The van der Waals surface area contributed by atoms with Crippen molar-refractivity contribution in [3.63, 3.8) is 0 Å². The summed E-state index contributed by atoms with van der Waals surface area (Å²) in [6.07, 6.45) is 2.03. The van der Waals surface area contributed by atoms with Crippen LogP contribution in [-0.4, -0.2) is 6.11 Å². The van der Waals surface area contributed by atoms with E-state index in [2.05, 4.69) is 6.92 Å². The molecule has 2 aliphatic rings. The summed E-state index contributed by atoms with van der Waals surface area (Å²) in [5.74, 6) is -3.08. The predicted octanol–water partition coefficient (Wildman–Crippen LogP) is 8.40. The SMILES string of the molecule is CCCCCC1CC2CCc3cc(-c4ccc(CCC)cc4)c(F)c(F)c3C2OC1(F)F. The second-order valence-electron chi connectivity index (χ2n) is 9.40. The Morgan fingerprint density at radius 1 is 1.00 bits per heavy atom. The number of unbranched alkanes of at least 4 members (excludes halogenated alkanes) is 2. The summed E-state index contributed by atoms with van der Waals surface area (Å²) in [7, 11) is 0. The molecular weight excluding hydrogens is 416 g/mol. The zero-order valence-electron chi connectivity index (χ0n) is 18.9. The molecule has 3 unspecified atom stereocenters. The van der Waals surface area contributed by atoms with Crippen LogP contribution in [0.15, 0.2) is 30.3 Å². The number of alkyl halides is 2. The number of hydrogen-bond donors (Lipinski definition) is 0. The molecule has 3 atom stereocenters. The van der Waals surface area contributed by atoms with Crippen LogP contribution in [0.5, 0.6) is 0 Å². The third-order valence-electron chi connectivity index (χ3n) is 7.13. The summed E-state index contributed by atoms with van der Waals surface area (Å²) in [6.45, 7) is 4.12. The van der Waals surface area contributed by atoms with E-state index in [-0.39, 0.29) is 17.0 Å². The van der Waals surface area contributed by atoms with Crippen molar-refractivity contribution in [3.8, 4) is 11.1 Å². The minimum Gasteiger partial charge on any atom is -0.312 e. The number of fused-ring (bicyclic) bond motifs is 3. The van der Waals surface area contributed by atoms with Crippen molar-refractivity contribution in [2.45, 2.75) is 83.8 Å². The van der Waals surface area contributed by atoms with Crippen LogP contribution < -0.4 is 0 Å². The smallest absolute Gasteiger partial charge is 0.312 e. The van der Waals surface area contributed by atoms with Gasteiger partial charge < -0.3 is 4.74 Å². The Labute approximate surface area is 188 Å². The van der Waals surface area contributed by atoms with Crippen molar-refractivity contribution in [3.05, 3.63) is 58.7 Å². The van der Waals surface area contributed by atoms with Gasteiger partial charge >= 0.3 is 6.11 Å². The number of ether oxygens (including phenoxy) is 1. The van der Waals surface area contributed by atoms with Crippen molar-refractivity contribution in [2.75, 3.05) is 0 Å². The Bertz CT molecular complexity index is 938. The molecule has 0 aromatic heterocycles. The maximum atomic E-state index is 15.3. The van der Waals surface area contributed by atoms with Crippen molar-refractivity contribution < 1.29 is 22.3 Å². The minimum atomic E-state index is -3.32. The monoisotopic (exact) mass is 448 g/mol. The van der Waals surface area contributed by atoms with Gasteiger partial charge in [-0.3, -0.25) is 0 Å². The van der Waals surface area contributed by atoms with Crippen molar-refractivity contribution in [2.24, 2.45) is 11.8 Å². The van der Waals surface area contributed by atoms with E-state index in [0.29, 0.717) is 36.8 Å². The lowest BCUT2D eigenvalue weighted by Gasteiger charge is -2.44. The zero-order valence-corrected chi connectivity index (χ0v) is 18.9. The van der Waals surface area contributed by atoms with E-state index >= 15 is 8.78 Å². The number of rotatable bonds is 7. The Hall–Kier alpha value is -1.88. The van der Waals surface area contributed by atoms with Gasteiger partial charge in [0.2, 0.25) is 0 Å². The Kier molecular flexibility index (Phi) is 6.94. The molecule has 5 heteroatoms. The van der Waals surface area contributed by atoms with E-state index in [9.17, 15) is 8.78 Å². The fourth-order valence-electron chi connectivity index (χ4n) is 5.38. The highest BCUT2D eigenvalue weighted by Crippen LogP contribution is 2.53. The van der Waals surface area contributed by atoms with Crippen molar-refractivity contribution >= 4 is 0 Å². The van der Waals surface area contributed by atoms with Crippen LogP contribution in [0.1, 0.15) is 81.6 Å². The van der Waals surface area contributed by atoms with E-state index in [0.717, 1.165) is 37.7 Å². The first kappa shape index (κ1) is 23.3. The molecule has 1 aliphatic heterocycles. The van der Waals surface area contributed by atoms with Gasteiger partial charge in [0.1, 0.15) is 0 Å². The molecule has 0 amide bonds. The standard InChI is InChI=1S/C27H32F4O/c1-3-5-6-8-21-15-20-14-13-19-16-22(18-11-9-17(7-4-2)10-12-18)24(28)25(29)23(19)26(20)32-27(21,30)31/h9-12,16,20-21,26H,3-8,13-15H2,1-2H3. The van der Waals surface area contributed by atoms with E-state index in [1.807, 2.05) is 19.1 Å². The van der Waals surface area contributed by atoms with Gasteiger partial charge in [0.15, 0.2) is 11.6 Å². The Morgan fingerprint density at radius 3 is 2.44 bits per heavy atom. The van der Waals surface area contributed by atoms with Gasteiger partial charge in [-0.15, -0.1) is 0 Å². The maximum absolute atomic E-state index is 15.3. The molecule has 1 fully saturated rings. The van der Waals surface area contributed by atoms with Gasteiger partial charge in [-0.1, -0.05) is 63.8 Å². The molecule has 0 saturated carbocycles. The first-order valence-corrected chi connectivity index (χ1v) is 12.0. The third-order valence-corrected chi connectivity index (χ3v) is 7.13. The average Bonchev–Trinajstić information content (AvgIpc) is 2.77. The molecule has 1 saturated heterocycles. The van der Waals surface area contributed by atoms with Gasteiger partial charge in [-0.2, -0.15) is 8.78 Å². The second kappa shape index (κ2) is 9.54. The molecule has 2 aromatic carbocycles. The van der Waals surface area contributed by atoms with Crippen LogP contribution in [0.2, 0.25) is 0 Å². The van der Waals surface area contributed by atoms with Gasteiger partial charge in [0.05, 0.1) is 12.0 Å². The molecule has 0 N–H and O–H groups in total. The van der Waals surface area contributed by atoms with Crippen LogP contribution >= 0.6 is 0 Å². The largest absolute Gasteiger partial charge is 0.359 e. The highest BCUT2D eigenvalue weighted by Gasteiger charge is 2.52. The quantitative estimate of drug-likeness (QED) is 0.305. The molecule has 0 spiro atoms. The lowest BCUT2D eigenvalue weighted by atomic mass is 9.73. The molecule has 1 heterocycles. The Morgan fingerprint density at radius 2 is 1.75 bits per heavy atom. The van der Waals surface area contributed by atoms with Crippen molar-refractivity contribution in [1.29, 1.82) is 0 Å². The van der Waals surface area contributed by atoms with Crippen LogP contribution in [0.25, 0.3) is 11.1 Å². The summed E-state index contributed by atoms with van der Waals surface area (Å²) in [4.78, 5) is 0. The van der Waals surface area contributed by atoms with E-state index in [4.69, 9.17) is 4.74 Å². The topological polar surface area (TPSA) is 9.23 Å². The lowest BCUT2D eigenvalue weighted by Crippen LogP contribution is -2.44. The summed E-state index contributed by atoms with van der Waals surface area (Å²) in [5, 5.41) is 0. The molecule has 32 heavy (non-hydrogen) atoms. The van der Waals surface area contributed by atoms with Gasteiger partial charge in [-0.05, 0) is 60.8 Å². The lowest BCUT2D eigenvalue weighted by molar-refractivity contribution is -0.332. The first-order chi connectivity index (χ1) is 15.4. The molecule has 2 aromatic rings. The van der Waals surface area contributed by atoms with Crippen molar-refractivity contribution in [1.82, 2.24) is 0 Å². The summed E-state index contributed by atoms with van der Waals surface area (Å²) in [5.41, 5.74) is 2.50. The maximum Gasteiger partial charge on any atom is 0.359 e. The molecular formula is C27H32F4O. The van der Waals surface area contributed by atoms with Gasteiger partial charge in [0, 0.05) is 11.1 Å². The van der Waals surface area contributed by atoms with Crippen LogP contribution in [0.4, 0.5) is 17.6 Å². The Balaban J connectivity index is 1.63. The molecule has 1 aliphatic carbocycles. The molecule has 174 valence electrons. The highest BCUT2D eigenvalue weighted by molar-refractivity contribution is 5.67. The number of halogens is 4.